The Morgan fingerprint density at radius 1 is 1.17 bits per heavy atom. The monoisotopic (exact) mass is 330 g/mol. The van der Waals surface area contributed by atoms with Gasteiger partial charge in [-0.1, -0.05) is 36.8 Å². The molecule has 0 saturated heterocycles. The number of nitrogens with one attached hydrogen (secondary N) is 2. The minimum atomic E-state index is 0.429. The van der Waals surface area contributed by atoms with Gasteiger partial charge in [0.05, 0.1) is 12.2 Å². The molecule has 0 aliphatic carbocycles. The summed E-state index contributed by atoms with van der Waals surface area (Å²) in [5.41, 5.74) is 3.74. The molecule has 0 bridgehead atoms. The van der Waals surface area contributed by atoms with Crippen molar-refractivity contribution in [2.24, 2.45) is 4.99 Å². The van der Waals surface area contributed by atoms with Crippen molar-refractivity contribution in [3.8, 4) is 0 Å². The molecule has 1 heterocycles. The van der Waals surface area contributed by atoms with Crippen molar-refractivity contribution >= 4 is 17.3 Å². The quantitative estimate of drug-likeness (QED) is 0.651. The maximum atomic E-state index is 4.54. The molecule has 0 radical (unpaired) electrons. The molecule has 2 aromatic rings. The van der Waals surface area contributed by atoms with Crippen molar-refractivity contribution < 1.29 is 0 Å². The molecule has 23 heavy (non-hydrogen) atoms. The van der Waals surface area contributed by atoms with Crippen LogP contribution in [0.1, 0.15) is 39.5 Å². The van der Waals surface area contributed by atoms with Gasteiger partial charge in [0.2, 0.25) is 0 Å². The first-order valence-corrected chi connectivity index (χ1v) is 8.75. The Hall–Kier alpha value is -1.88. The highest BCUT2D eigenvalue weighted by Crippen LogP contribution is 2.16. The third-order valence-electron chi connectivity index (χ3n) is 3.93. The van der Waals surface area contributed by atoms with E-state index >= 15 is 0 Å². The van der Waals surface area contributed by atoms with E-state index in [1.54, 1.807) is 18.4 Å². The molecule has 2 N–H and O–H groups in total. The van der Waals surface area contributed by atoms with Crippen LogP contribution in [0.5, 0.6) is 0 Å². The fourth-order valence-corrected chi connectivity index (χ4v) is 3.13. The molecule has 0 saturated carbocycles. The molecule has 0 spiro atoms. The van der Waals surface area contributed by atoms with Crippen LogP contribution in [-0.2, 0) is 6.54 Å². The third-order valence-corrected chi connectivity index (χ3v) is 5.00. The Morgan fingerprint density at radius 3 is 2.43 bits per heavy atom. The molecule has 1 atom stereocenters. The number of aromatic nitrogens is 1. The Morgan fingerprint density at radius 2 is 1.87 bits per heavy atom. The van der Waals surface area contributed by atoms with Crippen molar-refractivity contribution in [3.63, 3.8) is 0 Å². The van der Waals surface area contributed by atoms with Crippen molar-refractivity contribution in [2.75, 3.05) is 13.6 Å². The normalized spacial score (nSPS) is 13.0. The summed E-state index contributed by atoms with van der Waals surface area (Å²) in [4.78, 5) is 10.1. The summed E-state index contributed by atoms with van der Waals surface area (Å²) in [7, 11) is 1.80. The predicted octanol–water partition coefficient (Wildman–Crippen LogP) is 3.54. The van der Waals surface area contributed by atoms with Crippen molar-refractivity contribution in [1.29, 1.82) is 0 Å². The molecular formula is C18H26N4S. The van der Waals surface area contributed by atoms with Gasteiger partial charge in [-0.25, -0.2) is 4.98 Å². The second-order valence-electron chi connectivity index (χ2n) is 5.87. The van der Waals surface area contributed by atoms with Crippen LogP contribution in [0.4, 0.5) is 0 Å². The Balaban J connectivity index is 1.83. The van der Waals surface area contributed by atoms with E-state index < -0.39 is 0 Å². The molecular weight excluding hydrogens is 304 g/mol. The van der Waals surface area contributed by atoms with E-state index in [1.807, 2.05) is 6.92 Å². The number of aryl methyl sites for hydroxylation is 3. The van der Waals surface area contributed by atoms with Gasteiger partial charge in [-0.2, -0.15) is 0 Å². The zero-order chi connectivity index (χ0) is 16.8. The number of hydrogen-bond donors (Lipinski definition) is 2. The molecule has 2 rings (SSSR count). The van der Waals surface area contributed by atoms with Gasteiger partial charge >= 0.3 is 0 Å². The number of rotatable bonds is 5. The molecule has 124 valence electrons. The number of benzene rings is 1. The van der Waals surface area contributed by atoms with Gasteiger partial charge in [0.25, 0.3) is 0 Å². The maximum absolute atomic E-state index is 4.54. The molecule has 0 aliphatic rings. The summed E-state index contributed by atoms with van der Waals surface area (Å²) in [5, 5.41) is 7.81. The predicted molar refractivity (Wildman–Crippen MR) is 99.4 cm³/mol. The molecule has 0 amide bonds. The van der Waals surface area contributed by atoms with E-state index in [0.29, 0.717) is 12.5 Å². The zero-order valence-electron chi connectivity index (χ0n) is 14.6. The van der Waals surface area contributed by atoms with Crippen molar-refractivity contribution in [1.82, 2.24) is 15.6 Å². The molecule has 5 heteroatoms. The highest BCUT2D eigenvalue weighted by Gasteiger charge is 2.08. The minimum Gasteiger partial charge on any atom is -0.356 e. The van der Waals surface area contributed by atoms with E-state index in [2.05, 4.69) is 65.6 Å². The van der Waals surface area contributed by atoms with Crippen LogP contribution < -0.4 is 10.6 Å². The lowest BCUT2D eigenvalue weighted by Gasteiger charge is -2.16. The number of nitrogens with zero attached hydrogens (tertiary/aromatic N) is 2. The lowest BCUT2D eigenvalue weighted by Crippen LogP contribution is -2.38. The number of thiazole rings is 1. The number of aliphatic imine (C=N–C) groups is 1. The van der Waals surface area contributed by atoms with Gasteiger partial charge in [0, 0.05) is 18.5 Å². The molecule has 1 aromatic heterocycles. The average Bonchev–Trinajstić information content (AvgIpc) is 2.86. The Labute approximate surface area is 143 Å². The van der Waals surface area contributed by atoms with E-state index in [4.69, 9.17) is 0 Å². The standard InChI is InChI=1S/C18H26N4S/c1-12-6-8-16(9-7-12)13(2)10-20-18(19-5)21-11-17-22-14(3)15(4)23-17/h6-9,13H,10-11H2,1-5H3,(H2,19,20,21). The SMILES string of the molecule is CN=C(NCc1nc(C)c(C)s1)NCC(C)c1ccc(C)cc1. The van der Waals surface area contributed by atoms with Crippen LogP contribution in [-0.4, -0.2) is 24.5 Å². The van der Waals surface area contributed by atoms with Crippen molar-refractivity contribution in [3.05, 3.63) is 51.0 Å². The minimum absolute atomic E-state index is 0.429. The highest BCUT2D eigenvalue weighted by atomic mass is 32.1. The fraction of sp³-hybridized carbons (Fsp3) is 0.444. The summed E-state index contributed by atoms with van der Waals surface area (Å²) in [6, 6.07) is 8.70. The number of guanidine groups is 1. The van der Waals surface area contributed by atoms with Gasteiger partial charge in [-0.05, 0) is 32.3 Å². The van der Waals surface area contributed by atoms with E-state index in [9.17, 15) is 0 Å². The summed E-state index contributed by atoms with van der Waals surface area (Å²) in [6.07, 6.45) is 0. The summed E-state index contributed by atoms with van der Waals surface area (Å²) >= 11 is 1.73. The lowest BCUT2D eigenvalue weighted by molar-refractivity contribution is 0.698. The molecule has 4 nitrogen and oxygen atoms in total. The van der Waals surface area contributed by atoms with Crippen LogP contribution in [0.2, 0.25) is 0 Å². The first-order valence-electron chi connectivity index (χ1n) is 7.93. The molecule has 0 aliphatic heterocycles. The second kappa shape index (κ2) is 8.11. The highest BCUT2D eigenvalue weighted by molar-refractivity contribution is 7.11. The second-order valence-corrected chi connectivity index (χ2v) is 7.16. The van der Waals surface area contributed by atoms with Gasteiger partial charge < -0.3 is 10.6 Å². The van der Waals surface area contributed by atoms with Gasteiger partial charge in [0.1, 0.15) is 5.01 Å². The lowest BCUT2D eigenvalue weighted by atomic mass is 10.0. The van der Waals surface area contributed by atoms with Crippen LogP contribution in [0.15, 0.2) is 29.3 Å². The van der Waals surface area contributed by atoms with E-state index in [-0.39, 0.29) is 0 Å². The smallest absolute Gasteiger partial charge is 0.191 e. The van der Waals surface area contributed by atoms with Crippen LogP contribution >= 0.6 is 11.3 Å². The number of hydrogen-bond acceptors (Lipinski definition) is 3. The van der Waals surface area contributed by atoms with Crippen LogP contribution in [0.25, 0.3) is 0 Å². The summed E-state index contributed by atoms with van der Waals surface area (Å²) in [5.74, 6) is 1.24. The Bertz CT molecular complexity index is 639. The third kappa shape index (κ3) is 5.06. The zero-order valence-corrected chi connectivity index (χ0v) is 15.4. The van der Waals surface area contributed by atoms with Gasteiger partial charge in [0.15, 0.2) is 5.96 Å². The van der Waals surface area contributed by atoms with Crippen LogP contribution in [0.3, 0.4) is 0 Å². The molecule has 1 unspecified atom stereocenters. The summed E-state index contributed by atoms with van der Waals surface area (Å²) in [6.45, 7) is 10.0. The maximum Gasteiger partial charge on any atom is 0.191 e. The van der Waals surface area contributed by atoms with Gasteiger partial charge in [-0.3, -0.25) is 4.99 Å². The first kappa shape index (κ1) is 17.5. The van der Waals surface area contributed by atoms with Gasteiger partial charge in [-0.15, -0.1) is 11.3 Å². The molecule has 0 fully saturated rings. The Kier molecular flexibility index (Phi) is 6.16. The van der Waals surface area contributed by atoms with Crippen molar-refractivity contribution in [2.45, 2.75) is 40.2 Å². The molecule has 1 aromatic carbocycles. The van der Waals surface area contributed by atoms with Crippen LogP contribution in [0, 0.1) is 20.8 Å². The summed E-state index contributed by atoms with van der Waals surface area (Å²) < 4.78 is 0. The largest absolute Gasteiger partial charge is 0.356 e. The fourth-order valence-electron chi connectivity index (χ4n) is 2.26. The average molecular weight is 331 g/mol. The van der Waals surface area contributed by atoms with E-state index in [0.717, 1.165) is 23.2 Å². The topological polar surface area (TPSA) is 49.3 Å². The first-order chi connectivity index (χ1) is 11.0. The van der Waals surface area contributed by atoms with E-state index in [1.165, 1.54) is 16.0 Å².